The van der Waals surface area contributed by atoms with Crippen molar-refractivity contribution in [1.29, 1.82) is 0 Å². The molecule has 84 valence electrons. The van der Waals surface area contributed by atoms with Crippen molar-refractivity contribution in [2.45, 2.75) is 27.7 Å². The number of rotatable bonds is 1. The summed E-state index contributed by atoms with van der Waals surface area (Å²) in [5.74, 6) is 0.579. The van der Waals surface area contributed by atoms with Crippen molar-refractivity contribution in [2.75, 3.05) is 5.32 Å². The first-order valence-corrected chi connectivity index (χ1v) is 5.10. The Hall–Kier alpha value is -1.91. The number of nitrogens with zero attached hydrogens (tertiary/aromatic N) is 3. The molecular formula is C11H14N4O. The molecule has 0 radical (unpaired) electrons. The molecule has 2 rings (SSSR count). The van der Waals surface area contributed by atoms with E-state index in [-0.39, 0.29) is 5.91 Å². The number of aromatic nitrogens is 3. The first kappa shape index (κ1) is 10.6. The minimum Gasteiger partial charge on any atom is -0.311 e. The summed E-state index contributed by atoms with van der Waals surface area (Å²) >= 11 is 0. The van der Waals surface area contributed by atoms with Gasteiger partial charge < -0.3 is 5.32 Å². The van der Waals surface area contributed by atoms with Crippen molar-refractivity contribution in [2.24, 2.45) is 0 Å². The van der Waals surface area contributed by atoms with Gasteiger partial charge in [0.25, 0.3) is 0 Å². The van der Waals surface area contributed by atoms with Crippen LogP contribution >= 0.6 is 0 Å². The number of carbonyl (C=O) groups excluding carboxylic acids is 1. The number of carbonyl (C=O) groups is 1. The topological polar surface area (TPSA) is 59.3 Å². The first-order chi connectivity index (χ1) is 7.50. The number of aryl methyl sites for hydroxylation is 3. The summed E-state index contributed by atoms with van der Waals surface area (Å²) in [6.07, 6.45) is 1.74. The smallest absolute Gasteiger partial charge is 0.222 e. The number of nitrogens with one attached hydrogen (secondary N) is 1. The molecular weight excluding hydrogens is 204 g/mol. The van der Waals surface area contributed by atoms with E-state index in [2.05, 4.69) is 15.4 Å². The fourth-order valence-corrected chi connectivity index (χ4v) is 1.60. The van der Waals surface area contributed by atoms with Crippen LogP contribution in [0.1, 0.15) is 23.7 Å². The summed E-state index contributed by atoms with van der Waals surface area (Å²) in [7, 11) is 0. The van der Waals surface area contributed by atoms with Crippen LogP contribution in [-0.2, 0) is 4.79 Å². The molecule has 5 heteroatoms. The van der Waals surface area contributed by atoms with Crippen LogP contribution in [0.2, 0.25) is 0 Å². The molecule has 0 saturated carbocycles. The highest BCUT2D eigenvalue weighted by atomic mass is 16.1. The van der Waals surface area contributed by atoms with Gasteiger partial charge in [-0.05, 0) is 20.8 Å². The maximum atomic E-state index is 11.1. The molecule has 0 unspecified atom stereocenters. The normalized spacial score (nSPS) is 10.8. The van der Waals surface area contributed by atoms with E-state index in [1.807, 2.05) is 20.8 Å². The number of amides is 1. The van der Waals surface area contributed by atoms with Crippen molar-refractivity contribution in [3.05, 3.63) is 23.0 Å². The lowest BCUT2D eigenvalue weighted by atomic mass is 10.3. The lowest BCUT2D eigenvalue weighted by molar-refractivity contribution is -0.114. The Morgan fingerprint density at radius 2 is 2.06 bits per heavy atom. The molecule has 0 aliphatic carbocycles. The lowest BCUT2D eigenvalue weighted by Crippen LogP contribution is -2.12. The van der Waals surface area contributed by atoms with Crippen molar-refractivity contribution >= 4 is 17.4 Å². The van der Waals surface area contributed by atoms with Gasteiger partial charge in [-0.25, -0.2) is 4.98 Å². The zero-order valence-electron chi connectivity index (χ0n) is 9.83. The minimum atomic E-state index is -0.110. The van der Waals surface area contributed by atoms with Crippen LogP contribution < -0.4 is 5.32 Å². The molecule has 0 atom stereocenters. The quantitative estimate of drug-likeness (QED) is 0.791. The average Bonchev–Trinajstić information content (AvgIpc) is 2.48. The molecule has 0 fully saturated rings. The summed E-state index contributed by atoms with van der Waals surface area (Å²) in [6.45, 7) is 7.27. The van der Waals surface area contributed by atoms with Crippen LogP contribution in [0.5, 0.6) is 0 Å². The molecule has 2 aromatic rings. The fraction of sp³-hybridized carbons (Fsp3) is 0.364. The number of anilines is 1. The standard InChI is InChI=1S/C11H14N4O/c1-6-5-12-11-7(2)8(3)14-15(11)10(6)13-9(4)16/h5H,1-4H3,(H,13,16). The van der Waals surface area contributed by atoms with E-state index in [4.69, 9.17) is 0 Å². The van der Waals surface area contributed by atoms with Crippen LogP contribution in [0.4, 0.5) is 5.82 Å². The van der Waals surface area contributed by atoms with Crippen molar-refractivity contribution < 1.29 is 4.79 Å². The molecule has 0 saturated heterocycles. The van der Waals surface area contributed by atoms with Crippen molar-refractivity contribution in [1.82, 2.24) is 14.6 Å². The van der Waals surface area contributed by atoms with Gasteiger partial charge in [0.2, 0.25) is 5.91 Å². The van der Waals surface area contributed by atoms with E-state index < -0.39 is 0 Å². The summed E-state index contributed by atoms with van der Waals surface area (Å²) in [5, 5.41) is 7.14. The van der Waals surface area contributed by atoms with E-state index in [0.717, 1.165) is 22.5 Å². The second kappa shape index (κ2) is 3.59. The van der Waals surface area contributed by atoms with E-state index in [0.29, 0.717) is 5.82 Å². The van der Waals surface area contributed by atoms with Crippen LogP contribution in [0.25, 0.3) is 5.65 Å². The summed E-state index contributed by atoms with van der Waals surface area (Å²) in [5.41, 5.74) is 3.63. The number of hydrogen-bond donors (Lipinski definition) is 1. The predicted molar refractivity (Wildman–Crippen MR) is 61.5 cm³/mol. The Morgan fingerprint density at radius 3 is 2.69 bits per heavy atom. The van der Waals surface area contributed by atoms with Crippen molar-refractivity contribution in [3.8, 4) is 0 Å². The van der Waals surface area contributed by atoms with Gasteiger partial charge in [-0.2, -0.15) is 9.61 Å². The highest BCUT2D eigenvalue weighted by molar-refractivity contribution is 5.88. The third-order valence-corrected chi connectivity index (χ3v) is 2.59. The SMILES string of the molecule is CC(=O)Nc1c(C)cnc2c(C)c(C)nn12. The van der Waals surface area contributed by atoms with E-state index in [1.54, 1.807) is 10.7 Å². The summed E-state index contributed by atoms with van der Waals surface area (Å²) in [4.78, 5) is 15.4. The van der Waals surface area contributed by atoms with E-state index >= 15 is 0 Å². The predicted octanol–water partition coefficient (Wildman–Crippen LogP) is 1.61. The Kier molecular flexibility index (Phi) is 2.38. The second-order valence-electron chi connectivity index (χ2n) is 3.92. The molecule has 0 aromatic carbocycles. The molecule has 0 spiro atoms. The molecule has 0 aliphatic heterocycles. The van der Waals surface area contributed by atoms with Gasteiger partial charge in [-0.15, -0.1) is 0 Å². The van der Waals surface area contributed by atoms with Gasteiger partial charge in [0.1, 0.15) is 5.82 Å². The molecule has 2 aromatic heterocycles. The fourth-order valence-electron chi connectivity index (χ4n) is 1.60. The first-order valence-electron chi connectivity index (χ1n) is 5.10. The van der Waals surface area contributed by atoms with E-state index in [9.17, 15) is 4.79 Å². The monoisotopic (exact) mass is 218 g/mol. The Balaban J connectivity index is 2.74. The van der Waals surface area contributed by atoms with Crippen molar-refractivity contribution in [3.63, 3.8) is 0 Å². The largest absolute Gasteiger partial charge is 0.311 e. The number of hydrogen-bond acceptors (Lipinski definition) is 3. The molecule has 1 amide bonds. The summed E-state index contributed by atoms with van der Waals surface area (Å²) < 4.78 is 1.68. The molecule has 16 heavy (non-hydrogen) atoms. The molecule has 5 nitrogen and oxygen atoms in total. The Labute approximate surface area is 93.5 Å². The third kappa shape index (κ3) is 1.54. The lowest BCUT2D eigenvalue weighted by Gasteiger charge is -2.07. The highest BCUT2D eigenvalue weighted by Crippen LogP contribution is 2.19. The van der Waals surface area contributed by atoms with Crippen LogP contribution in [0.15, 0.2) is 6.20 Å². The zero-order chi connectivity index (χ0) is 11.9. The van der Waals surface area contributed by atoms with Gasteiger partial charge in [0.15, 0.2) is 5.65 Å². The van der Waals surface area contributed by atoms with Crippen LogP contribution in [0, 0.1) is 20.8 Å². The minimum absolute atomic E-state index is 0.110. The maximum absolute atomic E-state index is 11.1. The Bertz CT molecular complexity index is 571. The zero-order valence-corrected chi connectivity index (χ0v) is 9.83. The van der Waals surface area contributed by atoms with Gasteiger partial charge in [0, 0.05) is 24.2 Å². The van der Waals surface area contributed by atoms with Gasteiger partial charge in [-0.3, -0.25) is 4.79 Å². The second-order valence-corrected chi connectivity index (χ2v) is 3.92. The van der Waals surface area contributed by atoms with Crippen LogP contribution in [-0.4, -0.2) is 20.5 Å². The number of fused-ring (bicyclic) bond motifs is 1. The van der Waals surface area contributed by atoms with E-state index in [1.165, 1.54) is 6.92 Å². The maximum Gasteiger partial charge on any atom is 0.222 e. The highest BCUT2D eigenvalue weighted by Gasteiger charge is 2.12. The molecule has 0 aliphatic rings. The Morgan fingerprint density at radius 1 is 1.38 bits per heavy atom. The molecule has 1 N–H and O–H groups in total. The average molecular weight is 218 g/mol. The molecule has 0 bridgehead atoms. The van der Waals surface area contributed by atoms with Gasteiger partial charge in [-0.1, -0.05) is 0 Å². The molecule has 2 heterocycles. The third-order valence-electron chi connectivity index (χ3n) is 2.59. The van der Waals surface area contributed by atoms with Gasteiger partial charge >= 0.3 is 0 Å². The summed E-state index contributed by atoms with van der Waals surface area (Å²) in [6, 6.07) is 0. The van der Waals surface area contributed by atoms with Gasteiger partial charge in [0.05, 0.1) is 5.69 Å². The van der Waals surface area contributed by atoms with Crippen LogP contribution in [0.3, 0.4) is 0 Å².